The van der Waals surface area contributed by atoms with Crippen molar-refractivity contribution in [2.24, 2.45) is 0 Å². The second-order valence-electron chi connectivity index (χ2n) is 2.55. The van der Waals surface area contributed by atoms with Crippen molar-refractivity contribution in [3.8, 4) is 0 Å². The van der Waals surface area contributed by atoms with Crippen LogP contribution in [0.2, 0.25) is 0 Å². The Hall–Kier alpha value is -0.630. The molecule has 2 N–H and O–H groups in total. The Bertz CT molecular complexity index is 338. The van der Waals surface area contributed by atoms with Crippen LogP contribution in [0.3, 0.4) is 0 Å². The number of urea groups is 1. The molecule has 13 heavy (non-hydrogen) atoms. The predicted octanol–water partition coefficient (Wildman–Crippen LogP) is -0.691. The van der Waals surface area contributed by atoms with Crippen LogP contribution in [0.5, 0.6) is 0 Å². The predicted molar refractivity (Wildman–Crippen MR) is 47.8 cm³/mol. The SMILES string of the molecule is O=C1NC(=O)C(CCS(=O)(=O)Br)N1. The summed E-state index contributed by atoms with van der Waals surface area (Å²) < 4.78 is 21.3. The van der Waals surface area contributed by atoms with E-state index in [0.29, 0.717) is 0 Å². The number of nitrogens with one attached hydrogen (secondary N) is 2. The molecule has 1 rings (SSSR count). The number of hydrogen-bond acceptors (Lipinski definition) is 4. The minimum Gasteiger partial charge on any atom is -0.326 e. The molecule has 74 valence electrons. The minimum atomic E-state index is -3.27. The number of hydrogen-bond donors (Lipinski definition) is 2. The van der Waals surface area contributed by atoms with Crippen molar-refractivity contribution >= 4 is 35.0 Å². The smallest absolute Gasteiger partial charge is 0.322 e. The highest BCUT2D eigenvalue weighted by Crippen LogP contribution is 2.06. The van der Waals surface area contributed by atoms with Gasteiger partial charge in [-0.3, -0.25) is 10.1 Å². The quantitative estimate of drug-likeness (QED) is 0.525. The molecule has 1 atom stereocenters. The second-order valence-corrected chi connectivity index (χ2v) is 6.99. The summed E-state index contributed by atoms with van der Waals surface area (Å²) in [5.41, 5.74) is 0. The maximum atomic E-state index is 10.9. The van der Waals surface area contributed by atoms with Gasteiger partial charge in [0.1, 0.15) is 6.04 Å². The molecule has 0 aliphatic carbocycles. The highest BCUT2D eigenvalue weighted by Gasteiger charge is 2.29. The summed E-state index contributed by atoms with van der Waals surface area (Å²) in [6.07, 6.45) is 0.0746. The van der Waals surface area contributed by atoms with E-state index < -0.39 is 26.3 Å². The molecular formula is C5H7BrN2O4S. The summed E-state index contributed by atoms with van der Waals surface area (Å²) >= 11 is 2.45. The van der Waals surface area contributed by atoms with Gasteiger partial charge in [0.25, 0.3) is 5.91 Å². The first-order chi connectivity index (χ1) is 5.88. The van der Waals surface area contributed by atoms with Crippen LogP contribution in [0, 0.1) is 0 Å². The third-order valence-electron chi connectivity index (χ3n) is 1.51. The van der Waals surface area contributed by atoms with Crippen molar-refractivity contribution in [1.29, 1.82) is 0 Å². The van der Waals surface area contributed by atoms with Crippen LogP contribution >= 0.6 is 14.8 Å². The van der Waals surface area contributed by atoms with Gasteiger partial charge in [-0.1, -0.05) is 0 Å². The molecule has 0 aromatic heterocycles. The lowest BCUT2D eigenvalue weighted by atomic mass is 10.2. The third kappa shape index (κ3) is 3.31. The van der Waals surface area contributed by atoms with Crippen LogP contribution in [0.25, 0.3) is 0 Å². The summed E-state index contributed by atoms with van der Waals surface area (Å²) in [5, 5.41) is 4.30. The molecule has 3 amide bonds. The topological polar surface area (TPSA) is 92.3 Å². The van der Waals surface area contributed by atoms with E-state index in [1.54, 1.807) is 0 Å². The average Bonchev–Trinajstić information content (AvgIpc) is 2.24. The first kappa shape index (κ1) is 10.5. The standard InChI is InChI=1S/C5H7BrN2O4S/c6-13(11,12)2-1-3-4(9)8-5(10)7-3/h3H,1-2H2,(H2,7,8,9,10). The molecule has 0 bridgehead atoms. The lowest BCUT2D eigenvalue weighted by molar-refractivity contribution is -0.120. The number of imide groups is 1. The molecule has 1 unspecified atom stereocenters. The van der Waals surface area contributed by atoms with Gasteiger partial charge >= 0.3 is 6.03 Å². The van der Waals surface area contributed by atoms with Gasteiger partial charge in [0, 0.05) is 0 Å². The Labute approximate surface area is 82.2 Å². The van der Waals surface area contributed by atoms with Crippen molar-refractivity contribution in [2.45, 2.75) is 12.5 Å². The van der Waals surface area contributed by atoms with Crippen LogP contribution in [-0.4, -0.2) is 32.2 Å². The normalized spacial score (nSPS) is 22.7. The number of rotatable bonds is 3. The molecule has 1 aliphatic rings. The molecule has 0 aromatic rings. The molecule has 0 radical (unpaired) electrons. The zero-order valence-electron chi connectivity index (χ0n) is 6.41. The van der Waals surface area contributed by atoms with Crippen LogP contribution in [-0.2, 0) is 13.1 Å². The van der Waals surface area contributed by atoms with Gasteiger partial charge in [-0.15, -0.1) is 0 Å². The van der Waals surface area contributed by atoms with E-state index in [4.69, 9.17) is 0 Å². The second kappa shape index (κ2) is 3.62. The summed E-state index contributed by atoms with van der Waals surface area (Å²) in [6.45, 7) is 0. The fraction of sp³-hybridized carbons (Fsp3) is 0.600. The highest BCUT2D eigenvalue weighted by molar-refractivity contribution is 9.47. The molecule has 0 aromatic carbocycles. The molecule has 1 fully saturated rings. The molecule has 6 nitrogen and oxygen atoms in total. The molecule has 0 saturated carbocycles. The Balaban J connectivity index is 2.47. The van der Waals surface area contributed by atoms with Gasteiger partial charge in [0.05, 0.1) is 20.6 Å². The number of carbonyl (C=O) groups excluding carboxylic acids is 2. The summed E-state index contributed by atoms with van der Waals surface area (Å²) in [5.74, 6) is -0.674. The lowest BCUT2D eigenvalue weighted by Crippen LogP contribution is -2.30. The Morgan fingerprint density at radius 1 is 1.38 bits per heavy atom. The van der Waals surface area contributed by atoms with E-state index in [9.17, 15) is 18.0 Å². The molecular weight excluding hydrogens is 264 g/mol. The van der Waals surface area contributed by atoms with Gasteiger partial charge in [0.2, 0.25) is 8.27 Å². The van der Waals surface area contributed by atoms with Crippen LogP contribution < -0.4 is 10.6 Å². The number of amides is 3. The molecule has 0 spiro atoms. The van der Waals surface area contributed by atoms with Crippen LogP contribution in [0.15, 0.2) is 0 Å². The first-order valence-corrected chi connectivity index (χ1v) is 6.92. The van der Waals surface area contributed by atoms with Gasteiger partial charge in [-0.05, 0) is 6.42 Å². The van der Waals surface area contributed by atoms with E-state index in [1.807, 2.05) is 5.32 Å². The largest absolute Gasteiger partial charge is 0.326 e. The van der Waals surface area contributed by atoms with E-state index in [-0.39, 0.29) is 12.2 Å². The fourth-order valence-corrected chi connectivity index (χ4v) is 2.00. The molecule has 1 saturated heterocycles. The Morgan fingerprint density at radius 2 is 2.00 bits per heavy atom. The van der Waals surface area contributed by atoms with Crippen molar-refractivity contribution in [3.63, 3.8) is 0 Å². The first-order valence-electron chi connectivity index (χ1n) is 3.42. The van der Waals surface area contributed by atoms with Gasteiger partial charge in [0.15, 0.2) is 0 Å². The van der Waals surface area contributed by atoms with Crippen molar-refractivity contribution in [1.82, 2.24) is 10.6 Å². The number of carbonyl (C=O) groups is 2. The van der Waals surface area contributed by atoms with Crippen LogP contribution in [0.1, 0.15) is 6.42 Å². The molecule has 1 aliphatic heterocycles. The maximum Gasteiger partial charge on any atom is 0.322 e. The Morgan fingerprint density at radius 3 is 2.38 bits per heavy atom. The third-order valence-corrected chi connectivity index (χ3v) is 3.20. The minimum absolute atomic E-state index is 0.0746. The van der Waals surface area contributed by atoms with Crippen molar-refractivity contribution < 1.29 is 18.0 Å². The van der Waals surface area contributed by atoms with Gasteiger partial charge < -0.3 is 5.32 Å². The zero-order valence-corrected chi connectivity index (χ0v) is 8.81. The van der Waals surface area contributed by atoms with Crippen molar-refractivity contribution in [3.05, 3.63) is 0 Å². The van der Waals surface area contributed by atoms with E-state index >= 15 is 0 Å². The van der Waals surface area contributed by atoms with E-state index in [0.717, 1.165) is 0 Å². The van der Waals surface area contributed by atoms with Gasteiger partial charge in [-0.25, -0.2) is 13.2 Å². The van der Waals surface area contributed by atoms with Crippen LogP contribution in [0.4, 0.5) is 4.79 Å². The summed E-state index contributed by atoms with van der Waals surface area (Å²) in [6, 6.07) is -1.32. The lowest BCUT2D eigenvalue weighted by Gasteiger charge is -2.03. The van der Waals surface area contributed by atoms with E-state index in [1.165, 1.54) is 0 Å². The van der Waals surface area contributed by atoms with E-state index in [2.05, 4.69) is 20.1 Å². The zero-order chi connectivity index (χ0) is 10.1. The fourth-order valence-electron chi connectivity index (χ4n) is 0.921. The van der Waals surface area contributed by atoms with Gasteiger partial charge in [-0.2, -0.15) is 0 Å². The maximum absolute atomic E-state index is 10.9. The number of halogens is 1. The Kier molecular flexibility index (Phi) is 2.91. The highest BCUT2D eigenvalue weighted by atomic mass is 79.9. The molecule has 8 heteroatoms. The van der Waals surface area contributed by atoms with Crippen molar-refractivity contribution in [2.75, 3.05) is 5.75 Å². The summed E-state index contributed by atoms with van der Waals surface area (Å²) in [7, 11) is -3.27. The molecule has 1 heterocycles. The summed E-state index contributed by atoms with van der Waals surface area (Å²) in [4.78, 5) is 21.5. The average molecular weight is 271 g/mol. The monoisotopic (exact) mass is 270 g/mol.